The number of aromatic amines is 1. The summed E-state index contributed by atoms with van der Waals surface area (Å²) in [6.07, 6.45) is 0.557. The Morgan fingerprint density at radius 3 is 2.61 bits per heavy atom. The number of esters is 1. The highest BCUT2D eigenvalue weighted by molar-refractivity contribution is 6.02. The maximum Gasteiger partial charge on any atom is 0.331 e. The summed E-state index contributed by atoms with van der Waals surface area (Å²) in [6, 6.07) is 5.80. The van der Waals surface area contributed by atoms with Crippen molar-refractivity contribution < 1.29 is 19.4 Å². The Labute approximate surface area is 133 Å². The predicted octanol–water partition coefficient (Wildman–Crippen LogP) is 1.04. The Bertz CT molecular complexity index is 709. The number of imidazole rings is 1. The van der Waals surface area contributed by atoms with Gasteiger partial charge in [-0.1, -0.05) is 18.2 Å². The molecule has 2 rings (SSSR count). The number of ether oxygens (including phenoxy) is 1. The molecule has 0 aliphatic carbocycles. The van der Waals surface area contributed by atoms with Crippen molar-refractivity contribution in [2.45, 2.75) is 26.0 Å². The number of H-pyrrole nitrogens is 1. The zero-order chi connectivity index (χ0) is 17.0. The van der Waals surface area contributed by atoms with Crippen molar-refractivity contribution in [2.75, 3.05) is 7.11 Å². The number of aromatic nitrogens is 2. The van der Waals surface area contributed by atoms with Gasteiger partial charge in [0.25, 0.3) is 5.91 Å². The number of hydrogen-bond acceptors (Lipinski definition) is 5. The lowest BCUT2D eigenvalue weighted by Crippen LogP contribution is -2.48. The molecule has 2 atom stereocenters. The smallest absolute Gasteiger partial charge is 0.331 e. The number of hydrogen-bond donors (Lipinski definition) is 3. The van der Waals surface area contributed by atoms with Crippen LogP contribution in [0.4, 0.5) is 0 Å². The Hall–Kier alpha value is -2.67. The molecule has 3 N–H and O–H groups in total. The van der Waals surface area contributed by atoms with Gasteiger partial charge in [-0.15, -0.1) is 0 Å². The molecule has 0 saturated carbocycles. The fourth-order valence-electron chi connectivity index (χ4n) is 2.20. The highest BCUT2D eigenvalue weighted by Crippen LogP contribution is 2.22. The molecule has 7 nitrogen and oxygen atoms in total. The third kappa shape index (κ3) is 3.75. The first-order valence-electron chi connectivity index (χ1n) is 7.11. The van der Waals surface area contributed by atoms with E-state index < -0.39 is 24.0 Å². The normalized spacial score (nSPS) is 13.2. The van der Waals surface area contributed by atoms with E-state index in [0.717, 1.165) is 5.82 Å². The number of benzene rings is 1. The van der Waals surface area contributed by atoms with Gasteiger partial charge in [0.15, 0.2) is 6.04 Å². The van der Waals surface area contributed by atoms with Crippen LogP contribution in [0.15, 0.2) is 30.5 Å². The van der Waals surface area contributed by atoms with E-state index in [1.54, 1.807) is 30.5 Å². The van der Waals surface area contributed by atoms with Crippen LogP contribution in [0.3, 0.4) is 0 Å². The molecule has 0 radical (unpaired) electrons. The number of aliphatic hydroxyl groups is 1. The molecule has 0 fully saturated rings. The van der Waals surface area contributed by atoms with Crippen molar-refractivity contribution in [3.63, 3.8) is 0 Å². The molecule has 1 aromatic heterocycles. The van der Waals surface area contributed by atoms with Crippen LogP contribution in [-0.4, -0.2) is 46.2 Å². The monoisotopic (exact) mass is 317 g/mol. The minimum atomic E-state index is -1.14. The number of amides is 1. The standard InChI is InChI=1S/C16H19N3O4/c1-9(20)14(16(22)23-3)19-15(21)12-7-5-4-6-11(12)13-8-17-10(2)18-13/h4-9,14,20H,1-3H3,(H,17,18)(H,19,21)/t9-,14+/m1/s1. The topological polar surface area (TPSA) is 104 Å². The van der Waals surface area contributed by atoms with E-state index in [-0.39, 0.29) is 0 Å². The lowest BCUT2D eigenvalue weighted by Gasteiger charge is -2.19. The number of methoxy groups -OCH3 is 1. The number of aryl methyl sites for hydroxylation is 1. The summed E-state index contributed by atoms with van der Waals surface area (Å²) in [5.74, 6) is -0.459. The summed E-state index contributed by atoms with van der Waals surface area (Å²) in [4.78, 5) is 31.4. The number of nitrogens with zero attached hydrogens (tertiary/aromatic N) is 1. The van der Waals surface area contributed by atoms with Crippen molar-refractivity contribution in [3.8, 4) is 11.3 Å². The minimum absolute atomic E-state index is 0.366. The first-order chi connectivity index (χ1) is 10.9. The predicted molar refractivity (Wildman–Crippen MR) is 83.7 cm³/mol. The van der Waals surface area contributed by atoms with Crippen LogP contribution in [0.25, 0.3) is 11.3 Å². The van der Waals surface area contributed by atoms with Gasteiger partial charge in [0.05, 0.1) is 25.1 Å². The van der Waals surface area contributed by atoms with Gasteiger partial charge >= 0.3 is 5.97 Å². The van der Waals surface area contributed by atoms with Crippen molar-refractivity contribution >= 4 is 11.9 Å². The third-order valence-corrected chi connectivity index (χ3v) is 3.39. The molecule has 0 bridgehead atoms. The summed E-state index contributed by atoms with van der Waals surface area (Å²) >= 11 is 0. The molecule has 1 amide bonds. The number of carbonyl (C=O) groups excluding carboxylic acids is 2. The molecule has 1 heterocycles. The molecule has 0 unspecified atom stereocenters. The minimum Gasteiger partial charge on any atom is -0.467 e. The molecule has 0 saturated heterocycles. The van der Waals surface area contributed by atoms with Crippen LogP contribution in [0, 0.1) is 6.92 Å². The largest absolute Gasteiger partial charge is 0.467 e. The molecule has 0 aliphatic heterocycles. The van der Waals surface area contributed by atoms with Crippen LogP contribution >= 0.6 is 0 Å². The van der Waals surface area contributed by atoms with Gasteiger partial charge in [0.2, 0.25) is 0 Å². The van der Waals surface area contributed by atoms with E-state index in [9.17, 15) is 14.7 Å². The van der Waals surface area contributed by atoms with E-state index in [0.29, 0.717) is 16.8 Å². The molecular formula is C16H19N3O4. The number of carbonyl (C=O) groups is 2. The van der Waals surface area contributed by atoms with E-state index >= 15 is 0 Å². The Morgan fingerprint density at radius 2 is 2.04 bits per heavy atom. The van der Waals surface area contributed by atoms with E-state index in [1.165, 1.54) is 14.0 Å². The summed E-state index contributed by atoms with van der Waals surface area (Å²) in [6.45, 7) is 3.22. The molecule has 1 aromatic carbocycles. The molecule has 0 spiro atoms. The Kier molecular flexibility index (Phi) is 5.13. The number of nitrogens with one attached hydrogen (secondary N) is 2. The molecule has 0 aliphatic rings. The van der Waals surface area contributed by atoms with Crippen molar-refractivity contribution in [1.29, 1.82) is 0 Å². The van der Waals surface area contributed by atoms with Gasteiger partial charge < -0.3 is 20.1 Å². The van der Waals surface area contributed by atoms with Gasteiger partial charge in [-0.25, -0.2) is 9.78 Å². The quantitative estimate of drug-likeness (QED) is 0.715. The van der Waals surface area contributed by atoms with E-state index in [2.05, 4.69) is 20.0 Å². The summed E-state index contributed by atoms with van der Waals surface area (Å²) in [7, 11) is 1.20. The highest BCUT2D eigenvalue weighted by Gasteiger charge is 2.27. The lowest BCUT2D eigenvalue weighted by atomic mass is 10.0. The molecule has 23 heavy (non-hydrogen) atoms. The van der Waals surface area contributed by atoms with Gasteiger partial charge in [-0.2, -0.15) is 0 Å². The summed E-state index contributed by atoms with van der Waals surface area (Å²) in [5.41, 5.74) is 1.71. The van der Waals surface area contributed by atoms with Crippen LogP contribution in [-0.2, 0) is 9.53 Å². The summed E-state index contributed by atoms with van der Waals surface area (Å²) in [5, 5.41) is 12.2. The van der Waals surface area contributed by atoms with E-state index in [4.69, 9.17) is 0 Å². The first kappa shape index (κ1) is 16.7. The number of aliphatic hydroxyl groups excluding tert-OH is 1. The molecule has 122 valence electrons. The Balaban J connectivity index is 2.31. The fourth-order valence-corrected chi connectivity index (χ4v) is 2.20. The van der Waals surface area contributed by atoms with Gasteiger partial charge in [0, 0.05) is 11.1 Å². The van der Waals surface area contributed by atoms with Gasteiger partial charge in [0.1, 0.15) is 5.82 Å². The van der Waals surface area contributed by atoms with Crippen molar-refractivity contribution in [1.82, 2.24) is 15.3 Å². The second-order valence-corrected chi connectivity index (χ2v) is 5.14. The SMILES string of the molecule is COC(=O)[C@@H](NC(=O)c1ccccc1-c1cnc(C)[nH]1)[C@@H](C)O. The second-order valence-electron chi connectivity index (χ2n) is 5.14. The third-order valence-electron chi connectivity index (χ3n) is 3.39. The van der Waals surface area contributed by atoms with Gasteiger partial charge in [-0.3, -0.25) is 4.79 Å². The molecule has 7 heteroatoms. The maximum absolute atomic E-state index is 12.5. The van der Waals surface area contributed by atoms with Crippen molar-refractivity contribution in [2.24, 2.45) is 0 Å². The van der Waals surface area contributed by atoms with Crippen LogP contribution in [0.2, 0.25) is 0 Å². The highest BCUT2D eigenvalue weighted by atomic mass is 16.5. The second kappa shape index (κ2) is 7.06. The maximum atomic E-state index is 12.5. The van der Waals surface area contributed by atoms with Crippen LogP contribution < -0.4 is 5.32 Å². The molecule has 2 aromatic rings. The number of rotatable bonds is 5. The zero-order valence-electron chi connectivity index (χ0n) is 13.2. The summed E-state index contributed by atoms with van der Waals surface area (Å²) < 4.78 is 4.60. The zero-order valence-corrected chi connectivity index (χ0v) is 13.2. The first-order valence-corrected chi connectivity index (χ1v) is 7.11. The Morgan fingerprint density at radius 1 is 1.35 bits per heavy atom. The van der Waals surface area contributed by atoms with Crippen molar-refractivity contribution in [3.05, 3.63) is 41.9 Å². The van der Waals surface area contributed by atoms with Crippen LogP contribution in [0.1, 0.15) is 23.1 Å². The average Bonchev–Trinajstić information content (AvgIpc) is 2.97. The lowest BCUT2D eigenvalue weighted by molar-refractivity contribution is -0.145. The molecular weight excluding hydrogens is 298 g/mol. The van der Waals surface area contributed by atoms with Gasteiger partial charge in [-0.05, 0) is 19.9 Å². The van der Waals surface area contributed by atoms with Crippen LogP contribution in [0.5, 0.6) is 0 Å². The average molecular weight is 317 g/mol. The van der Waals surface area contributed by atoms with E-state index in [1.807, 2.05) is 6.92 Å². The fraction of sp³-hybridized carbons (Fsp3) is 0.312.